The van der Waals surface area contributed by atoms with Crippen molar-refractivity contribution in [2.45, 2.75) is 14.7 Å². The molecule has 0 saturated carbocycles. The number of benzene rings is 3. The molecule has 0 unspecified atom stereocenters. The van der Waals surface area contributed by atoms with Crippen LogP contribution < -0.4 is 45.5 Å². The van der Waals surface area contributed by atoms with Crippen LogP contribution in [-0.2, 0) is 30.4 Å². The molecule has 0 spiro atoms. The van der Waals surface area contributed by atoms with Crippen LogP contribution in [0.15, 0.2) is 87.5 Å². The maximum absolute atomic E-state index is 11.6. The first-order chi connectivity index (χ1) is 14.3. The minimum absolute atomic E-state index is 0. The van der Waals surface area contributed by atoms with Crippen LogP contribution in [0.1, 0.15) is 0 Å². The zero-order chi connectivity index (χ0) is 23.0. The summed E-state index contributed by atoms with van der Waals surface area (Å²) in [5.74, 6) is 0. The minimum Gasteiger partial charge on any atom is -0.744 e. The van der Waals surface area contributed by atoms with E-state index in [1.54, 1.807) is 0 Å². The van der Waals surface area contributed by atoms with Crippen molar-refractivity contribution in [2.24, 2.45) is 0 Å². The van der Waals surface area contributed by atoms with Gasteiger partial charge in [0.2, 0.25) is 0 Å². The predicted octanol–water partition coefficient (Wildman–Crippen LogP) is -2.15. The molecule has 0 radical (unpaired) electrons. The first-order valence-electron chi connectivity index (χ1n) is 8.28. The van der Waals surface area contributed by atoms with Gasteiger partial charge in [-0.1, -0.05) is 36.4 Å². The van der Waals surface area contributed by atoms with Gasteiger partial charge >= 0.3 is 29.6 Å². The third-order valence-corrected chi connectivity index (χ3v) is 9.03. The van der Waals surface area contributed by atoms with Crippen LogP contribution >= 0.6 is 7.92 Å². The zero-order valence-electron chi connectivity index (χ0n) is 16.4. The molecule has 3 aromatic rings. The number of hydrogen-bond donors (Lipinski definition) is 2. The molecule has 32 heavy (non-hydrogen) atoms. The average Bonchev–Trinajstić information content (AvgIpc) is 2.67. The molecule has 0 aliphatic carbocycles. The Labute approximate surface area is 208 Å². The van der Waals surface area contributed by atoms with Gasteiger partial charge in [0.15, 0.2) is 0 Å². The Bertz CT molecular complexity index is 1290. The summed E-state index contributed by atoms with van der Waals surface area (Å²) in [6.45, 7) is 0. The molecule has 0 saturated heterocycles. The Morgan fingerprint density at radius 2 is 0.906 bits per heavy atom. The third kappa shape index (κ3) is 6.45. The van der Waals surface area contributed by atoms with Crippen LogP contribution in [0, 0.1) is 0 Å². The second-order valence-electron chi connectivity index (χ2n) is 6.23. The molecular weight excluding hydrogens is 510 g/mol. The Morgan fingerprint density at radius 1 is 0.594 bits per heavy atom. The Kier molecular flexibility index (Phi) is 8.44. The fraction of sp³-hybridized carbons (Fsp3) is 0. The van der Waals surface area contributed by atoms with E-state index in [1.165, 1.54) is 48.5 Å². The first kappa shape index (κ1) is 27.1. The van der Waals surface area contributed by atoms with Gasteiger partial charge < -0.3 is 4.55 Å². The molecule has 0 bridgehead atoms. The molecule has 3 rings (SSSR count). The van der Waals surface area contributed by atoms with Gasteiger partial charge in [-0.05, 0) is 60.2 Å². The zero-order valence-corrected chi connectivity index (χ0v) is 21.7. The van der Waals surface area contributed by atoms with E-state index >= 15 is 0 Å². The summed E-state index contributed by atoms with van der Waals surface area (Å²) in [7, 11) is -15.7. The molecule has 2 N–H and O–H groups in total. The first-order valence-corrected chi connectivity index (χ1v) is 13.9. The molecule has 164 valence electrons. The SMILES string of the molecule is O=S(=O)([O-])c1cccc(P(c2cccc(S(=O)(=O)O)c2)c2cccc(S(=O)(=O)O)c2)c1.[Na+]. The maximum Gasteiger partial charge on any atom is 1.00 e. The monoisotopic (exact) mass is 524 g/mol. The normalized spacial score (nSPS) is 12.4. The molecule has 0 aromatic heterocycles. The van der Waals surface area contributed by atoms with Crippen molar-refractivity contribution in [1.82, 2.24) is 0 Å². The quantitative estimate of drug-likeness (QED) is 0.208. The topological polar surface area (TPSA) is 166 Å². The number of hydrogen-bond acceptors (Lipinski definition) is 7. The summed E-state index contributed by atoms with van der Waals surface area (Å²) >= 11 is 0. The van der Waals surface area contributed by atoms with E-state index < -0.39 is 53.0 Å². The Balaban J connectivity index is 0.00000363. The molecule has 0 aliphatic heterocycles. The van der Waals surface area contributed by atoms with Crippen LogP contribution in [0.4, 0.5) is 0 Å². The molecule has 0 heterocycles. The summed E-state index contributed by atoms with van der Waals surface area (Å²) in [4.78, 5) is -1.36. The van der Waals surface area contributed by atoms with Crippen LogP contribution in [0.5, 0.6) is 0 Å². The van der Waals surface area contributed by atoms with Gasteiger partial charge in [-0.15, -0.1) is 0 Å². The average molecular weight is 524 g/mol. The summed E-state index contributed by atoms with van der Waals surface area (Å²) in [5, 5.41) is 0.933. The summed E-state index contributed by atoms with van der Waals surface area (Å²) < 4.78 is 99.5. The molecule has 0 fully saturated rings. The van der Waals surface area contributed by atoms with Gasteiger partial charge in [0.1, 0.15) is 10.1 Å². The fourth-order valence-corrected chi connectivity index (χ4v) is 7.03. The van der Waals surface area contributed by atoms with Gasteiger partial charge in [0.05, 0.1) is 14.7 Å². The van der Waals surface area contributed by atoms with Crippen LogP contribution in [-0.4, -0.2) is 38.9 Å². The van der Waals surface area contributed by atoms with Gasteiger partial charge in [0, 0.05) is 0 Å². The standard InChI is InChI=1S/C18H15O9PS3.Na/c19-29(20,21)16-7-1-4-13(10-16)28(14-5-2-8-17(11-14)30(22,23)24)15-6-3-9-18(12-15)31(25,26)27;/h1-12H,(H,19,20,21)(H,22,23,24)(H,25,26,27);/q;+1/p-1. The molecule has 0 amide bonds. The second-order valence-corrected chi connectivity index (χ2v) is 12.7. The summed E-state index contributed by atoms with van der Waals surface area (Å²) in [6.07, 6.45) is 0. The van der Waals surface area contributed by atoms with Crippen molar-refractivity contribution < 1.29 is 68.5 Å². The third-order valence-electron chi connectivity index (χ3n) is 4.11. The molecule has 3 aromatic carbocycles. The van der Waals surface area contributed by atoms with E-state index in [2.05, 4.69) is 0 Å². The van der Waals surface area contributed by atoms with E-state index in [1.807, 2.05) is 0 Å². The van der Waals surface area contributed by atoms with Gasteiger partial charge in [-0.3, -0.25) is 9.11 Å². The van der Waals surface area contributed by atoms with E-state index in [0.29, 0.717) is 15.9 Å². The van der Waals surface area contributed by atoms with Crippen molar-refractivity contribution in [3.05, 3.63) is 72.8 Å². The predicted molar refractivity (Wildman–Crippen MR) is 113 cm³/mol. The van der Waals surface area contributed by atoms with Gasteiger partial charge in [-0.25, -0.2) is 8.42 Å². The molecule has 0 atom stereocenters. The molecule has 0 aliphatic rings. The van der Waals surface area contributed by atoms with Crippen molar-refractivity contribution in [2.75, 3.05) is 0 Å². The van der Waals surface area contributed by atoms with E-state index in [0.717, 1.165) is 24.3 Å². The second kappa shape index (κ2) is 9.98. The summed E-state index contributed by atoms with van der Waals surface area (Å²) in [5.41, 5.74) is 0. The van der Waals surface area contributed by atoms with Crippen LogP contribution in [0.3, 0.4) is 0 Å². The van der Waals surface area contributed by atoms with Crippen molar-refractivity contribution in [3.8, 4) is 0 Å². The fourth-order valence-electron chi connectivity index (χ4n) is 2.79. The molecule has 14 heteroatoms. The maximum atomic E-state index is 11.6. The smallest absolute Gasteiger partial charge is 0.744 e. The Hall–Kier alpha value is -1.18. The largest absolute Gasteiger partial charge is 1.00 e. The molecular formula is C18H14NaO9PS3. The van der Waals surface area contributed by atoms with E-state index in [4.69, 9.17) is 0 Å². The van der Waals surface area contributed by atoms with E-state index in [-0.39, 0.29) is 29.6 Å². The summed E-state index contributed by atoms with van der Waals surface area (Å²) in [6, 6.07) is 15.4. The van der Waals surface area contributed by atoms with Crippen LogP contribution in [0.25, 0.3) is 0 Å². The number of rotatable bonds is 6. The van der Waals surface area contributed by atoms with E-state index in [9.17, 15) is 38.9 Å². The van der Waals surface area contributed by atoms with Gasteiger partial charge in [0.25, 0.3) is 20.2 Å². The Morgan fingerprint density at radius 3 is 1.22 bits per heavy atom. The molecule has 9 nitrogen and oxygen atoms in total. The van der Waals surface area contributed by atoms with Crippen molar-refractivity contribution in [1.29, 1.82) is 0 Å². The van der Waals surface area contributed by atoms with Crippen LogP contribution in [0.2, 0.25) is 0 Å². The van der Waals surface area contributed by atoms with Crippen molar-refractivity contribution in [3.63, 3.8) is 0 Å². The van der Waals surface area contributed by atoms with Crippen molar-refractivity contribution >= 4 is 54.2 Å². The minimum atomic E-state index is -4.80. The van der Waals surface area contributed by atoms with Gasteiger partial charge in [-0.2, -0.15) is 16.8 Å².